The van der Waals surface area contributed by atoms with Crippen molar-refractivity contribution in [3.05, 3.63) is 11.8 Å². The number of alkyl halides is 1. The summed E-state index contributed by atoms with van der Waals surface area (Å²) in [6, 6.07) is -0.845. The van der Waals surface area contributed by atoms with Gasteiger partial charge in [0, 0.05) is 25.2 Å². The maximum Gasteiger partial charge on any atom is 0.333 e. The Morgan fingerprint density at radius 3 is 2.57 bits per heavy atom. The number of carbonyl (C=O) groups is 3. The van der Waals surface area contributed by atoms with Crippen molar-refractivity contribution in [1.29, 1.82) is 0 Å². The number of nitrogens with one attached hydrogen (secondary N) is 1. The first-order chi connectivity index (χ1) is 13.3. The molecule has 0 aromatic rings. The summed E-state index contributed by atoms with van der Waals surface area (Å²) in [6.45, 7) is 3.81. The summed E-state index contributed by atoms with van der Waals surface area (Å²) in [5, 5.41) is 15.0. The molecule has 1 saturated heterocycles. The smallest absolute Gasteiger partial charge is 0.333 e. The number of amides is 2. The lowest BCUT2D eigenvalue weighted by atomic mass is 10.1. The largest absolute Gasteiger partial charge is 0.478 e. The highest BCUT2D eigenvalue weighted by Gasteiger charge is 2.52. The standard InChI is InChI=1S/C16H22ClN3O7S/c1-4-26-16(8-17,27-5-2)11(19-25-3)12(21)18-10-13(22)20-6-9(15(23)24)7-28-14(10)20/h6,10,14H,4-5,7-8H2,1-3H3,(H,18,21)(H,23,24)/t10?,14-/m1/s1. The van der Waals surface area contributed by atoms with Crippen LogP contribution in [0.2, 0.25) is 0 Å². The number of nitrogens with zero attached hydrogens (tertiary/aromatic N) is 2. The lowest BCUT2D eigenvalue weighted by Crippen LogP contribution is -2.70. The lowest BCUT2D eigenvalue weighted by Gasteiger charge is -2.47. The molecular formula is C16H22ClN3O7S. The Kier molecular flexibility index (Phi) is 7.70. The molecule has 156 valence electrons. The fourth-order valence-electron chi connectivity index (χ4n) is 2.80. The van der Waals surface area contributed by atoms with E-state index in [2.05, 4.69) is 10.5 Å². The summed E-state index contributed by atoms with van der Waals surface area (Å²) < 4.78 is 11.1. The van der Waals surface area contributed by atoms with Crippen LogP contribution in [0.4, 0.5) is 0 Å². The minimum Gasteiger partial charge on any atom is -0.478 e. The maximum atomic E-state index is 12.9. The molecule has 2 amide bonds. The molecule has 2 heterocycles. The van der Waals surface area contributed by atoms with Crippen LogP contribution in [0, 0.1) is 0 Å². The summed E-state index contributed by atoms with van der Waals surface area (Å²) in [7, 11) is 1.26. The number of β-lactam (4-membered cyclic amide) rings is 1. The van der Waals surface area contributed by atoms with E-state index in [0.29, 0.717) is 0 Å². The van der Waals surface area contributed by atoms with E-state index < -0.39 is 35.0 Å². The Bertz CT molecular complexity index is 694. The fourth-order valence-corrected chi connectivity index (χ4v) is 4.33. The van der Waals surface area contributed by atoms with Crippen LogP contribution in [0.25, 0.3) is 0 Å². The number of carboxylic acid groups (broad SMARTS) is 1. The van der Waals surface area contributed by atoms with Crippen molar-refractivity contribution in [2.24, 2.45) is 5.16 Å². The molecule has 0 saturated carbocycles. The van der Waals surface area contributed by atoms with E-state index in [1.807, 2.05) is 0 Å². The van der Waals surface area contributed by atoms with Crippen LogP contribution in [-0.4, -0.2) is 82.7 Å². The first kappa shape index (κ1) is 22.5. The molecule has 28 heavy (non-hydrogen) atoms. The fraction of sp³-hybridized carbons (Fsp3) is 0.625. The van der Waals surface area contributed by atoms with Crippen molar-refractivity contribution in [1.82, 2.24) is 10.2 Å². The van der Waals surface area contributed by atoms with Crippen LogP contribution in [0.1, 0.15) is 13.8 Å². The van der Waals surface area contributed by atoms with E-state index in [4.69, 9.17) is 31.0 Å². The third-order valence-electron chi connectivity index (χ3n) is 4.04. The number of hydrogen-bond acceptors (Lipinski definition) is 8. The predicted octanol–water partition coefficient (Wildman–Crippen LogP) is 0.365. The topological polar surface area (TPSA) is 127 Å². The van der Waals surface area contributed by atoms with Crippen LogP contribution in [0.5, 0.6) is 0 Å². The Labute approximate surface area is 171 Å². The zero-order valence-electron chi connectivity index (χ0n) is 15.6. The highest BCUT2D eigenvalue weighted by molar-refractivity contribution is 8.00. The molecule has 1 unspecified atom stereocenters. The van der Waals surface area contributed by atoms with Crippen molar-refractivity contribution in [3.63, 3.8) is 0 Å². The molecular weight excluding hydrogens is 414 g/mol. The van der Waals surface area contributed by atoms with Gasteiger partial charge in [-0.25, -0.2) is 4.79 Å². The Hall–Kier alpha value is -1.82. The molecule has 10 nitrogen and oxygen atoms in total. The van der Waals surface area contributed by atoms with Crippen LogP contribution < -0.4 is 5.32 Å². The third-order valence-corrected chi connectivity index (χ3v) is 5.71. The van der Waals surface area contributed by atoms with Crippen molar-refractivity contribution < 1.29 is 33.8 Å². The lowest BCUT2D eigenvalue weighted by molar-refractivity contribution is -0.172. The van der Waals surface area contributed by atoms with Gasteiger partial charge in [-0.3, -0.25) is 9.59 Å². The molecule has 0 aliphatic carbocycles. The Morgan fingerprint density at radius 2 is 2.07 bits per heavy atom. The monoisotopic (exact) mass is 435 g/mol. The van der Waals surface area contributed by atoms with Crippen LogP contribution in [0.15, 0.2) is 16.9 Å². The molecule has 0 aromatic carbocycles. The van der Waals surface area contributed by atoms with Crippen LogP contribution >= 0.6 is 23.4 Å². The molecule has 2 rings (SSSR count). The van der Waals surface area contributed by atoms with E-state index in [-0.39, 0.29) is 36.1 Å². The van der Waals surface area contributed by atoms with Gasteiger partial charge in [-0.1, -0.05) is 5.16 Å². The summed E-state index contributed by atoms with van der Waals surface area (Å²) in [6.07, 6.45) is 1.29. The summed E-state index contributed by atoms with van der Waals surface area (Å²) in [5.41, 5.74) is -0.127. The van der Waals surface area contributed by atoms with Crippen LogP contribution in [-0.2, 0) is 28.7 Å². The number of rotatable bonds is 10. The number of aliphatic carboxylic acids is 1. The van der Waals surface area contributed by atoms with Gasteiger partial charge in [0.15, 0.2) is 0 Å². The summed E-state index contributed by atoms with van der Waals surface area (Å²) >= 11 is 7.26. The quantitative estimate of drug-likeness (QED) is 0.166. The van der Waals surface area contributed by atoms with Gasteiger partial charge in [-0.2, -0.15) is 0 Å². The van der Waals surface area contributed by atoms with E-state index in [1.165, 1.54) is 30.0 Å². The molecule has 12 heteroatoms. The van der Waals surface area contributed by atoms with Gasteiger partial charge >= 0.3 is 5.97 Å². The van der Waals surface area contributed by atoms with Gasteiger partial charge in [0.1, 0.15) is 18.5 Å². The Balaban J connectivity index is 2.19. The highest BCUT2D eigenvalue weighted by atomic mass is 35.5. The molecule has 0 radical (unpaired) electrons. The van der Waals surface area contributed by atoms with Crippen LogP contribution in [0.3, 0.4) is 0 Å². The molecule has 0 aromatic heterocycles. The van der Waals surface area contributed by atoms with E-state index in [0.717, 1.165) is 0 Å². The number of fused-ring (bicyclic) bond motifs is 1. The Morgan fingerprint density at radius 1 is 1.43 bits per heavy atom. The molecule has 2 N–H and O–H groups in total. The minimum absolute atomic E-state index is 0.120. The zero-order chi connectivity index (χ0) is 20.9. The molecule has 2 aliphatic heterocycles. The number of ether oxygens (including phenoxy) is 2. The molecule has 1 fully saturated rings. The highest BCUT2D eigenvalue weighted by Crippen LogP contribution is 2.36. The van der Waals surface area contributed by atoms with E-state index in [9.17, 15) is 14.4 Å². The van der Waals surface area contributed by atoms with E-state index >= 15 is 0 Å². The minimum atomic E-state index is -1.63. The average molecular weight is 436 g/mol. The second-order valence-electron chi connectivity index (χ2n) is 5.73. The third kappa shape index (κ3) is 4.27. The first-order valence-corrected chi connectivity index (χ1v) is 10.1. The molecule has 0 spiro atoms. The average Bonchev–Trinajstić information content (AvgIpc) is 2.69. The first-order valence-electron chi connectivity index (χ1n) is 8.49. The second-order valence-corrected chi connectivity index (χ2v) is 7.10. The zero-order valence-corrected chi connectivity index (χ0v) is 17.2. The maximum absolute atomic E-state index is 12.9. The van der Waals surface area contributed by atoms with Gasteiger partial charge in [0.25, 0.3) is 11.8 Å². The number of thioether (sulfide) groups is 1. The van der Waals surface area contributed by atoms with Crippen molar-refractivity contribution >= 4 is 46.9 Å². The predicted molar refractivity (Wildman–Crippen MR) is 102 cm³/mol. The summed E-state index contributed by atoms with van der Waals surface area (Å²) in [5.74, 6) is -3.87. The van der Waals surface area contributed by atoms with Gasteiger partial charge in [-0.05, 0) is 13.8 Å². The normalized spacial score (nSPS) is 22.1. The number of carboxylic acids is 1. The van der Waals surface area contributed by atoms with Crippen molar-refractivity contribution in [2.45, 2.75) is 31.1 Å². The molecule has 2 atom stereocenters. The van der Waals surface area contributed by atoms with E-state index in [1.54, 1.807) is 13.8 Å². The SMILES string of the molecule is CCOC(CCl)(OCC)C(=NOC)C(=O)NC1C(=O)N2C=C(C(=O)O)CS[C@H]12. The van der Waals surface area contributed by atoms with Crippen molar-refractivity contribution in [2.75, 3.05) is 32.0 Å². The van der Waals surface area contributed by atoms with Gasteiger partial charge in [-0.15, -0.1) is 23.4 Å². The number of oxime groups is 1. The van der Waals surface area contributed by atoms with Gasteiger partial charge in [0.05, 0.1) is 11.5 Å². The number of carbonyl (C=O) groups excluding carboxylic acids is 2. The number of hydrogen-bond donors (Lipinski definition) is 2. The molecule has 2 aliphatic rings. The van der Waals surface area contributed by atoms with Crippen molar-refractivity contribution in [3.8, 4) is 0 Å². The van der Waals surface area contributed by atoms with Gasteiger partial charge in [0.2, 0.25) is 11.5 Å². The van der Waals surface area contributed by atoms with Gasteiger partial charge < -0.3 is 29.6 Å². The summed E-state index contributed by atoms with van der Waals surface area (Å²) in [4.78, 5) is 42.3. The molecule has 0 bridgehead atoms. The number of halogens is 1. The second kappa shape index (κ2) is 9.59.